The Kier molecular flexibility index (Phi) is 15.8. The van der Waals surface area contributed by atoms with Crippen LogP contribution in [0.2, 0.25) is 0 Å². The van der Waals surface area contributed by atoms with Crippen LogP contribution in [0.4, 0.5) is 0 Å². The predicted molar refractivity (Wildman–Crippen MR) is 487 cm³/mol. The average Bonchev–Trinajstić information content (AvgIpc) is 1.63. The Morgan fingerprint density at radius 2 is 0.368 bits per heavy atom. The summed E-state index contributed by atoms with van der Waals surface area (Å²) in [7, 11) is -4.69. The molecule has 540 valence electrons. The zero-order valence-electron chi connectivity index (χ0n) is 62.3. The van der Waals surface area contributed by atoms with E-state index in [0.29, 0.717) is 33.0 Å². The minimum atomic E-state index is -4.69. The van der Waals surface area contributed by atoms with Crippen molar-refractivity contribution in [2.45, 2.75) is 9.79 Å². The van der Waals surface area contributed by atoms with Gasteiger partial charge in [-0.15, -0.1) is 22.7 Å². The van der Waals surface area contributed by atoms with E-state index in [-0.39, 0.29) is 9.79 Å². The number of nitriles is 4. The van der Waals surface area contributed by atoms with Crippen LogP contribution in [0.1, 0.15) is 22.3 Å². The predicted octanol–water partition coefficient (Wildman–Crippen LogP) is 29.3. The van der Waals surface area contributed by atoms with Crippen molar-refractivity contribution >= 4 is 159 Å². The van der Waals surface area contributed by atoms with Crippen LogP contribution in [0.15, 0.2) is 362 Å². The summed E-state index contributed by atoms with van der Waals surface area (Å²) >= 11 is 3.21. The quantitative estimate of drug-likeness (QED) is 0.125. The molecular formula is C108H58N4O2S3. The third-order valence-corrected chi connectivity index (χ3v) is 27.7. The van der Waals surface area contributed by atoms with Crippen molar-refractivity contribution in [3.8, 4) is 113 Å². The van der Waals surface area contributed by atoms with Crippen LogP contribution in [0.5, 0.6) is 0 Å². The van der Waals surface area contributed by atoms with Crippen molar-refractivity contribution in [1.29, 1.82) is 21.0 Å². The number of thiophene rings is 2. The van der Waals surface area contributed by atoms with Crippen molar-refractivity contribution in [2.24, 2.45) is 0 Å². The van der Waals surface area contributed by atoms with Crippen molar-refractivity contribution in [3.63, 3.8) is 0 Å². The SMILES string of the molecule is N#Cc1ccc(-c2c3ccccc3c(-c3ccc4c(c3)sc3cc(-c5c6ccccc6c(-c6ccc(C#N)cc6)c6ccccc56)cc(S(=O)(=O)c5cc(-c6c7ccccc7c(-c7ccc(C#N)cc7)c7ccccc67)cc6sc7cc(-c8c9ccccc9c(-c9ccc(C#N)cc9)c9ccccc89)ccc7c56)c34)c3ccccc23)cc1. The van der Waals surface area contributed by atoms with Gasteiger partial charge in [0.05, 0.1) is 56.3 Å². The lowest BCUT2D eigenvalue weighted by Crippen LogP contribution is -2.05. The minimum absolute atomic E-state index is 0.182. The van der Waals surface area contributed by atoms with Gasteiger partial charge >= 0.3 is 0 Å². The van der Waals surface area contributed by atoms with Gasteiger partial charge in [0.25, 0.3) is 0 Å². The Balaban J connectivity index is 0.836. The Hall–Kier alpha value is -15.2. The molecule has 0 atom stereocenters. The lowest BCUT2D eigenvalue weighted by atomic mass is 9.85. The van der Waals surface area contributed by atoms with Crippen LogP contribution in [0.3, 0.4) is 0 Å². The van der Waals surface area contributed by atoms with Gasteiger partial charge < -0.3 is 0 Å². The van der Waals surface area contributed by atoms with E-state index in [1.54, 1.807) is 22.7 Å². The van der Waals surface area contributed by atoms with Gasteiger partial charge in [0.15, 0.2) is 0 Å². The summed E-state index contributed by atoms with van der Waals surface area (Å²) in [6, 6.07) is 130. The molecule has 0 radical (unpaired) electrons. The second-order valence-electron chi connectivity index (χ2n) is 29.9. The summed E-state index contributed by atoms with van der Waals surface area (Å²) in [6.45, 7) is 0. The topological polar surface area (TPSA) is 129 Å². The van der Waals surface area contributed by atoms with Crippen molar-refractivity contribution < 1.29 is 8.42 Å². The maximum absolute atomic E-state index is 18.2. The molecule has 2 heterocycles. The van der Waals surface area contributed by atoms with Gasteiger partial charge in [0.1, 0.15) is 0 Å². The Morgan fingerprint density at radius 1 is 0.188 bits per heavy atom. The smallest absolute Gasteiger partial charge is 0.207 e. The third-order valence-electron chi connectivity index (χ3n) is 23.7. The van der Waals surface area contributed by atoms with E-state index in [4.69, 9.17) is 0 Å². The van der Waals surface area contributed by atoms with E-state index < -0.39 is 9.84 Å². The summed E-state index contributed by atoms with van der Waals surface area (Å²) < 4.78 is 39.9. The highest BCUT2D eigenvalue weighted by molar-refractivity contribution is 7.92. The van der Waals surface area contributed by atoms with E-state index in [2.05, 4.69) is 267 Å². The van der Waals surface area contributed by atoms with E-state index in [0.717, 1.165) is 205 Å². The number of rotatable bonds is 10. The molecule has 0 saturated carbocycles. The first kappa shape index (κ1) is 68.6. The molecule has 6 nitrogen and oxygen atoms in total. The Labute approximate surface area is 680 Å². The van der Waals surface area contributed by atoms with Crippen molar-refractivity contribution in [1.82, 2.24) is 0 Å². The normalized spacial score (nSPS) is 11.8. The molecule has 22 rings (SSSR count). The number of hydrogen-bond donors (Lipinski definition) is 0. The molecule has 0 bridgehead atoms. The van der Waals surface area contributed by atoms with Gasteiger partial charge in [0.2, 0.25) is 9.84 Å². The summed E-state index contributed by atoms with van der Waals surface area (Å²) in [5, 5.41) is 58.9. The van der Waals surface area contributed by atoms with Crippen molar-refractivity contribution in [2.75, 3.05) is 0 Å². The number of nitrogens with zero attached hydrogens (tertiary/aromatic N) is 4. The average molecular weight is 1540 g/mol. The number of benzene rings is 20. The molecule has 117 heavy (non-hydrogen) atoms. The monoisotopic (exact) mass is 1540 g/mol. The van der Waals surface area contributed by atoms with Crippen LogP contribution in [0, 0.1) is 45.3 Å². The number of fused-ring (bicyclic) bond motifs is 14. The first-order valence-electron chi connectivity index (χ1n) is 38.6. The van der Waals surface area contributed by atoms with Crippen LogP contribution >= 0.6 is 22.7 Å². The van der Waals surface area contributed by atoms with Gasteiger partial charge in [-0.05, 0) is 260 Å². The van der Waals surface area contributed by atoms with Crippen LogP contribution in [-0.4, -0.2) is 8.42 Å². The minimum Gasteiger partial charge on any atom is -0.218 e. The van der Waals surface area contributed by atoms with Crippen LogP contribution in [-0.2, 0) is 9.84 Å². The zero-order valence-corrected chi connectivity index (χ0v) is 64.8. The fraction of sp³-hybridized carbons (Fsp3) is 0. The maximum atomic E-state index is 18.2. The molecule has 0 aliphatic carbocycles. The van der Waals surface area contributed by atoms with Gasteiger partial charge in [0, 0.05) is 40.3 Å². The molecular weight excluding hydrogens is 1480 g/mol. The van der Waals surface area contributed by atoms with Gasteiger partial charge in [-0.3, -0.25) is 0 Å². The lowest BCUT2D eigenvalue weighted by Gasteiger charge is -2.20. The Bertz CT molecular complexity index is 7710. The lowest BCUT2D eigenvalue weighted by molar-refractivity contribution is 0.598. The van der Waals surface area contributed by atoms with Crippen molar-refractivity contribution in [3.05, 3.63) is 374 Å². The Morgan fingerprint density at radius 3 is 0.573 bits per heavy atom. The standard InChI is InChI=1S/C108H58N4O2S3/c109-59-63-33-41-67(42-34-63)99-75-17-1-9-25-83(75)103(84-26-10-2-18-76(84)99)71-49-51-91-93(53-71)115-95-55-73(105-87-29-13-5-21-79(87)101(80-22-6-14-30-88(80)105)69-45-37-65(61-111)38-46-69)57-97(107(91)95)117(113,114)98-58-74(106-89-31-15-7-23-81(89)102(82-24-8-16-32-90(82)106)70-47-39-66(62-112)40-48-70)56-96-108(98)92-52-50-72(54-94(92)116-96)104-85-27-11-3-19-77(85)100(78-20-4-12-28-86(78)104)68-43-35-64(60-110)36-44-68/h1-58H. The van der Waals surface area contributed by atoms with Gasteiger partial charge in [-0.25, -0.2) is 8.42 Å². The van der Waals surface area contributed by atoms with Gasteiger partial charge in [-0.1, -0.05) is 267 Å². The third kappa shape index (κ3) is 10.7. The maximum Gasteiger partial charge on any atom is 0.207 e. The number of sulfone groups is 1. The molecule has 0 aliphatic rings. The molecule has 0 N–H and O–H groups in total. The molecule has 0 fully saturated rings. The first-order chi connectivity index (χ1) is 57.6. The van der Waals surface area contributed by atoms with E-state index >= 15 is 8.42 Å². The largest absolute Gasteiger partial charge is 0.218 e. The molecule has 22 aromatic rings. The molecule has 0 saturated heterocycles. The molecule has 0 unspecified atom stereocenters. The van der Waals surface area contributed by atoms with Crippen LogP contribution in [0.25, 0.3) is 216 Å². The molecule has 0 aliphatic heterocycles. The highest BCUT2D eigenvalue weighted by Crippen LogP contribution is 2.55. The van der Waals surface area contributed by atoms with Gasteiger partial charge in [-0.2, -0.15) is 21.0 Å². The second-order valence-corrected chi connectivity index (χ2v) is 34.0. The summed E-state index contributed by atoms with van der Waals surface area (Å²) in [5.41, 5.74) is 17.8. The fourth-order valence-electron chi connectivity index (χ4n) is 18.7. The second kappa shape index (κ2) is 27.0. The highest BCUT2D eigenvalue weighted by Gasteiger charge is 2.32. The zero-order chi connectivity index (χ0) is 78.3. The summed E-state index contributed by atoms with van der Waals surface area (Å²) in [6.07, 6.45) is 0. The number of hydrogen-bond acceptors (Lipinski definition) is 8. The highest BCUT2D eigenvalue weighted by atomic mass is 32.2. The van der Waals surface area contributed by atoms with E-state index in [1.807, 2.05) is 109 Å². The summed E-state index contributed by atoms with van der Waals surface area (Å²) in [4.78, 5) is 0.364. The molecule has 9 heteroatoms. The molecule has 0 spiro atoms. The first-order valence-corrected chi connectivity index (χ1v) is 41.8. The molecule has 2 aromatic heterocycles. The van der Waals surface area contributed by atoms with Crippen LogP contribution < -0.4 is 0 Å². The fourth-order valence-corrected chi connectivity index (χ4v) is 23.1. The summed E-state index contributed by atoms with van der Waals surface area (Å²) in [5.74, 6) is 0. The van der Waals surface area contributed by atoms with E-state index in [1.165, 1.54) is 0 Å². The van der Waals surface area contributed by atoms with E-state index in [9.17, 15) is 21.0 Å². The molecule has 0 amide bonds. The molecule has 20 aromatic carbocycles.